The van der Waals surface area contributed by atoms with Crippen LogP contribution in [0.15, 0.2) is 23.1 Å². The summed E-state index contributed by atoms with van der Waals surface area (Å²) in [5, 5.41) is 7.40. The zero-order chi connectivity index (χ0) is 13.1. The molecule has 0 atom stereocenters. The summed E-state index contributed by atoms with van der Waals surface area (Å²) >= 11 is 0. The molecule has 0 heterocycles. The van der Waals surface area contributed by atoms with Crippen LogP contribution >= 0.6 is 0 Å². The maximum absolute atomic E-state index is 11.6. The van der Waals surface area contributed by atoms with E-state index in [9.17, 15) is 13.2 Å². The molecule has 17 heavy (non-hydrogen) atoms. The molecular weight excluding hydrogens is 244 g/mol. The maximum atomic E-state index is 11.6. The fourth-order valence-electron chi connectivity index (χ4n) is 1.28. The van der Waals surface area contributed by atoms with Gasteiger partial charge in [0.05, 0.1) is 17.1 Å². The summed E-state index contributed by atoms with van der Waals surface area (Å²) < 4.78 is 27.6. The van der Waals surface area contributed by atoms with Gasteiger partial charge in [0, 0.05) is 7.05 Å². The maximum Gasteiger partial charge on any atom is 0.254 e. The van der Waals surface area contributed by atoms with E-state index in [-0.39, 0.29) is 10.5 Å². The Hall–Kier alpha value is -1.60. The Bertz CT molecular complexity index is 525. The number of sulfonamides is 1. The fraction of sp³-hybridized carbons (Fsp3) is 0.300. The summed E-state index contributed by atoms with van der Waals surface area (Å²) in [6, 6.07) is 3.90. The van der Waals surface area contributed by atoms with Crippen molar-refractivity contribution in [1.82, 2.24) is 5.32 Å². The van der Waals surface area contributed by atoms with E-state index in [1.54, 1.807) is 6.92 Å². The molecule has 0 saturated carbocycles. The van der Waals surface area contributed by atoms with Gasteiger partial charge in [0.2, 0.25) is 10.0 Å². The molecule has 0 radical (unpaired) electrons. The molecule has 7 heteroatoms. The van der Waals surface area contributed by atoms with Gasteiger partial charge in [0.1, 0.15) is 5.75 Å². The minimum Gasteiger partial charge on any atom is -0.493 e. The molecule has 6 nitrogen and oxygen atoms in total. The first-order chi connectivity index (χ1) is 7.90. The second kappa shape index (κ2) is 5.15. The first kappa shape index (κ1) is 13.5. The molecule has 1 amide bonds. The molecule has 0 aromatic heterocycles. The second-order valence-corrected chi connectivity index (χ2v) is 4.78. The molecule has 1 aromatic carbocycles. The van der Waals surface area contributed by atoms with Crippen LogP contribution in [0, 0.1) is 0 Å². The Morgan fingerprint density at radius 1 is 1.47 bits per heavy atom. The summed E-state index contributed by atoms with van der Waals surface area (Å²) in [6.45, 7) is 2.14. The Kier molecular flexibility index (Phi) is 4.08. The Labute approximate surface area is 99.8 Å². The monoisotopic (exact) mass is 258 g/mol. The number of hydrogen-bond acceptors (Lipinski definition) is 4. The molecule has 0 aliphatic rings. The molecule has 0 saturated heterocycles. The summed E-state index contributed by atoms with van der Waals surface area (Å²) in [6.07, 6.45) is 0. The number of carbonyl (C=O) groups excluding carboxylic acids is 1. The molecule has 1 aromatic rings. The molecule has 1 rings (SSSR count). The van der Waals surface area contributed by atoms with Crippen molar-refractivity contribution >= 4 is 15.9 Å². The molecular formula is C10H14N2O4S. The third-order valence-electron chi connectivity index (χ3n) is 2.05. The SMILES string of the molecule is CCOc1ccc(S(N)(=O)=O)cc1C(=O)NC. The first-order valence-corrected chi connectivity index (χ1v) is 6.46. The Morgan fingerprint density at radius 2 is 2.12 bits per heavy atom. The van der Waals surface area contributed by atoms with Crippen LogP contribution < -0.4 is 15.2 Å². The predicted molar refractivity (Wildman–Crippen MR) is 62.4 cm³/mol. The summed E-state index contributed by atoms with van der Waals surface area (Å²) in [4.78, 5) is 11.4. The van der Waals surface area contributed by atoms with E-state index in [0.717, 1.165) is 0 Å². The van der Waals surface area contributed by atoms with Crippen molar-refractivity contribution in [1.29, 1.82) is 0 Å². The van der Waals surface area contributed by atoms with Crippen LogP contribution in [0.2, 0.25) is 0 Å². The molecule has 94 valence electrons. The van der Waals surface area contributed by atoms with Crippen LogP contribution in [0.3, 0.4) is 0 Å². The normalized spacial score (nSPS) is 11.0. The average Bonchev–Trinajstić information content (AvgIpc) is 2.27. The van der Waals surface area contributed by atoms with E-state index in [0.29, 0.717) is 12.4 Å². The molecule has 3 N–H and O–H groups in total. The minimum absolute atomic E-state index is 0.125. The van der Waals surface area contributed by atoms with Crippen LogP contribution in [0.25, 0.3) is 0 Å². The van der Waals surface area contributed by atoms with E-state index in [1.807, 2.05) is 0 Å². The van der Waals surface area contributed by atoms with E-state index in [4.69, 9.17) is 9.88 Å². The highest BCUT2D eigenvalue weighted by Gasteiger charge is 2.16. The number of ether oxygens (including phenoxy) is 1. The van der Waals surface area contributed by atoms with Crippen molar-refractivity contribution in [2.24, 2.45) is 5.14 Å². The van der Waals surface area contributed by atoms with Gasteiger partial charge in [0.15, 0.2) is 0 Å². The second-order valence-electron chi connectivity index (χ2n) is 3.22. The van der Waals surface area contributed by atoms with Gasteiger partial charge in [-0.2, -0.15) is 0 Å². The molecule has 0 spiro atoms. The number of carbonyl (C=O) groups is 1. The molecule has 0 fully saturated rings. The van der Waals surface area contributed by atoms with Gasteiger partial charge in [-0.3, -0.25) is 4.79 Å². The average molecular weight is 258 g/mol. The topological polar surface area (TPSA) is 98.5 Å². The molecule has 0 aliphatic heterocycles. The van der Waals surface area contributed by atoms with Crippen molar-refractivity contribution in [3.8, 4) is 5.75 Å². The highest BCUT2D eigenvalue weighted by Crippen LogP contribution is 2.22. The first-order valence-electron chi connectivity index (χ1n) is 4.92. The number of hydrogen-bond donors (Lipinski definition) is 2. The molecule has 0 aliphatic carbocycles. The number of nitrogens with one attached hydrogen (secondary N) is 1. The Balaban J connectivity index is 3.34. The number of amides is 1. The highest BCUT2D eigenvalue weighted by molar-refractivity contribution is 7.89. The Morgan fingerprint density at radius 3 is 2.59 bits per heavy atom. The lowest BCUT2D eigenvalue weighted by Crippen LogP contribution is -2.20. The van der Waals surface area contributed by atoms with E-state index in [2.05, 4.69) is 5.32 Å². The zero-order valence-corrected chi connectivity index (χ0v) is 10.4. The van der Waals surface area contributed by atoms with E-state index >= 15 is 0 Å². The van der Waals surface area contributed by atoms with Crippen molar-refractivity contribution < 1.29 is 17.9 Å². The number of rotatable bonds is 4. The van der Waals surface area contributed by atoms with Gasteiger partial charge in [-0.1, -0.05) is 0 Å². The van der Waals surface area contributed by atoms with Crippen LogP contribution in [0.4, 0.5) is 0 Å². The van der Waals surface area contributed by atoms with Gasteiger partial charge in [-0.05, 0) is 25.1 Å². The van der Waals surface area contributed by atoms with Crippen LogP contribution in [0.5, 0.6) is 5.75 Å². The highest BCUT2D eigenvalue weighted by atomic mass is 32.2. The van der Waals surface area contributed by atoms with Gasteiger partial charge in [-0.15, -0.1) is 0 Å². The van der Waals surface area contributed by atoms with Crippen molar-refractivity contribution in [2.75, 3.05) is 13.7 Å². The van der Waals surface area contributed by atoms with Gasteiger partial charge in [0.25, 0.3) is 5.91 Å². The number of benzene rings is 1. The molecule has 0 bridgehead atoms. The van der Waals surface area contributed by atoms with Crippen molar-refractivity contribution in [3.05, 3.63) is 23.8 Å². The quantitative estimate of drug-likeness (QED) is 0.799. The largest absolute Gasteiger partial charge is 0.493 e. The fourth-order valence-corrected chi connectivity index (χ4v) is 1.82. The van der Waals surface area contributed by atoms with E-state index < -0.39 is 15.9 Å². The third-order valence-corrected chi connectivity index (χ3v) is 2.96. The summed E-state index contributed by atoms with van der Waals surface area (Å²) in [5.41, 5.74) is 0.140. The minimum atomic E-state index is -3.83. The summed E-state index contributed by atoms with van der Waals surface area (Å²) in [5.74, 6) is -0.113. The third kappa shape index (κ3) is 3.18. The predicted octanol–water partition coefficient (Wildman–Crippen LogP) is 0.0923. The lowest BCUT2D eigenvalue weighted by molar-refractivity contribution is 0.0959. The lowest BCUT2D eigenvalue weighted by atomic mass is 10.2. The standard InChI is InChI=1S/C10H14N2O4S/c1-3-16-9-5-4-7(17(11,14)15)6-8(9)10(13)12-2/h4-6H,3H2,1-2H3,(H,12,13)(H2,11,14,15). The van der Waals surface area contributed by atoms with Crippen molar-refractivity contribution in [2.45, 2.75) is 11.8 Å². The van der Waals surface area contributed by atoms with Crippen molar-refractivity contribution in [3.63, 3.8) is 0 Å². The van der Waals surface area contributed by atoms with Crippen LogP contribution in [-0.2, 0) is 10.0 Å². The zero-order valence-electron chi connectivity index (χ0n) is 9.56. The van der Waals surface area contributed by atoms with E-state index in [1.165, 1.54) is 25.2 Å². The molecule has 0 unspecified atom stereocenters. The van der Waals surface area contributed by atoms with Gasteiger partial charge < -0.3 is 10.1 Å². The van der Waals surface area contributed by atoms with Gasteiger partial charge in [-0.25, -0.2) is 13.6 Å². The smallest absolute Gasteiger partial charge is 0.254 e. The lowest BCUT2D eigenvalue weighted by Gasteiger charge is -2.10. The van der Waals surface area contributed by atoms with Crippen LogP contribution in [0.1, 0.15) is 17.3 Å². The van der Waals surface area contributed by atoms with Gasteiger partial charge >= 0.3 is 0 Å². The van der Waals surface area contributed by atoms with Crippen LogP contribution in [-0.4, -0.2) is 28.0 Å². The number of nitrogens with two attached hydrogens (primary N) is 1. The summed E-state index contributed by atoms with van der Waals surface area (Å²) in [7, 11) is -2.39. The number of primary sulfonamides is 1.